The van der Waals surface area contributed by atoms with Gasteiger partial charge in [-0.25, -0.2) is 15.1 Å². The fourth-order valence-electron chi connectivity index (χ4n) is 0.755. The van der Waals surface area contributed by atoms with Gasteiger partial charge in [0.25, 0.3) is 0 Å². The Hall–Kier alpha value is -1.34. The number of rotatable bonds is 8. The van der Waals surface area contributed by atoms with Crippen LogP contribution in [0.3, 0.4) is 0 Å². The average Bonchev–Trinajstić information content (AvgIpc) is 2.16. The van der Waals surface area contributed by atoms with E-state index >= 15 is 0 Å². The minimum absolute atomic E-state index is 0.342. The molecule has 0 atom stereocenters. The quantitative estimate of drug-likeness (QED) is 0.405. The number of carbonyl (C=O) groups excluding carboxylic acids is 1. The Bertz CT molecular complexity index is 220. The molecular formula is C9H18N2O5. The monoisotopic (exact) mass is 234 g/mol. The maximum absolute atomic E-state index is 10.9. The van der Waals surface area contributed by atoms with Gasteiger partial charge in [-0.1, -0.05) is 13.8 Å². The van der Waals surface area contributed by atoms with Gasteiger partial charge in [-0.05, 0) is 5.92 Å². The summed E-state index contributed by atoms with van der Waals surface area (Å²) in [7, 11) is 0. The first-order valence-corrected chi connectivity index (χ1v) is 4.97. The van der Waals surface area contributed by atoms with Crippen LogP contribution in [0.5, 0.6) is 0 Å². The molecule has 0 aromatic heterocycles. The van der Waals surface area contributed by atoms with Crippen molar-refractivity contribution in [1.29, 1.82) is 0 Å². The lowest BCUT2D eigenvalue weighted by Gasteiger charge is -2.08. The van der Waals surface area contributed by atoms with Crippen LogP contribution in [0.4, 0.5) is 4.79 Å². The van der Waals surface area contributed by atoms with E-state index in [0.717, 1.165) is 0 Å². The lowest BCUT2D eigenvalue weighted by atomic mass is 10.2. The van der Waals surface area contributed by atoms with Gasteiger partial charge >= 0.3 is 12.0 Å². The molecule has 94 valence electrons. The topological polar surface area (TPSA) is 96.9 Å². The van der Waals surface area contributed by atoms with Gasteiger partial charge in [-0.3, -0.25) is 4.84 Å². The highest BCUT2D eigenvalue weighted by molar-refractivity contribution is 5.73. The molecule has 16 heavy (non-hydrogen) atoms. The zero-order chi connectivity index (χ0) is 12.4. The van der Waals surface area contributed by atoms with Crippen molar-refractivity contribution < 1.29 is 24.3 Å². The third-order valence-corrected chi connectivity index (χ3v) is 1.34. The van der Waals surface area contributed by atoms with Crippen molar-refractivity contribution >= 4 is 12.0 Å². The Morgan fingerprint density at radius 2 is 2.06 bits per heavy atom. The molecule has 0 heterocycles. The first kappa shape index (κ1) is 14.7. The number of carboxylic acids is 1. The Balaban J connectivity index is 3.27. The van der Waals surface area contributed by atoms with Crippen LogP contribution < -0.4 is 10.8 Å². The van der Waals surface area contributed by atoms with E-state index in [9.17, 15) is 9.59 Å². The zero-order valence-electron chi connectivity index (χ0n) is 9.49. The largest absolute Gasteiger partial charge is 0.479 e. The highest BCUT2D eigenvalue weighted by Gasteiger charge is 2.01. The van der Waals surface area contributed by atoms with Crippen molar-refractivity contribution in [2.75, 3.05) is 26.4 Å². The third kappa shape index (κ3) is 10.7. The van der Waals surface area contributed by atoms with Crippen molar-refractivity contribution in [1.82, 2.24) is 10.8 Å². The molecule has 0 fully saturated rings. The van der Waals surface area contributed by atoms with E-state index in [1.807, 2.05) is 19.3 Å². The number of nitrogens with one attached hydrogen (secondary N) is 2. The van der Waals surface area contributed by atoms with Crippen LogP contribution in [0, 0.1) is 5.92 Å². The van der Waals surface area contributed by atoms with E-state index in [4.69, 9.17) is 9.84 Å². The Kier molecular flexibility index (Phi) is 8.18. The number of carbonyl (C=O) groups is 2. The van der Waals surface area contributed by atoms with Crippen LogP contribution in [0.15, 0.2) is 0 Å². The molecule has 0 aromatic rings. The van der Waals surface area contributed by atoms with Gasteiger partial charge in [-0.2, -0.15) is 0 Å². The second-order valence-electron chi connectivity index (χ2n) is 3.51. The summed E-state index contributed by atoms with van der Waals surface area (Å²) in [4.78, 5) is 25.3. The van der Waals surface area contributed by atoms with Crippen molar-refractivity contribution in [3.05, 3.63) is 0 Å². The molecule has 0 spiro atoms. The molecule has 0 aliphatic carbocycles. The van der Waals surface area contributed by atoms with Gasteiger partial charge in [0, 0.05) is 13.2 Å². The molecule has 0 aromatic carbocycles. The molecule has 0 aliphatic rings. The van der Waals surface area contributed by atoms with Gasteiger partial charge < -0.3 is 15.2 Å². The zero-order valence-corrected chi connectivity index (χ0v) is 9.49. The molecule has 0 bridgehead atoms. The first-order chi connectivity index (χ1) is 7.52. The lowest BCUT2D eigenvalue weighted by molar-refractivity contribution is -0.144. The van der Waals surface area contributed by atoms with Crippen molar-refractivity contribution in [3.63, 3.8) is 0 Å². The average molecular weight is 234 g/mol. The molecule has 0 unspecified atom stereocenters. The van der Waals surface area contributed by atoms with Gasteiger partial charge in [0.15, 0.2) is 6.61 Å². The highest BCUT2D eigenvalue weighted by atomic mass is 16.7. The second kappa shape index (κ2) is 8.93. The maximum Gasteiger partial charge on any atom is 0.338 e. The molecule has 0 radical (unpaired) electrons. The first-order valence-electron chi connectivity index (χ1n) is 4.97. The molecule has 7 heteroatoms. The molecule has 3 N–H and O–H groups in total. The number of amides is 2. The molecule has 2 amide bonds. The number of hydrogen-bond donors (Lipinski definition) is 3. The Labute approximate surface area is 94.1 Å². The van der Waals surface area contributed by atoms with Crippen LogP contribution in [-0.2, 0) is 14.4 Å². The number of urea groups is 1. The van der Waals surface area contributed by atoms with E-state index in [0.29, 0.717) is 25.7 Å². The fourth-order valence-corrected chi connectivity index (χ4v) is 0.755. The van der Waals surface area contributed by atoms with E-state index in [1.165, 1.54) is 0 Å². The highest BCUT2D eigenvalue weighted by Crippen LogP contribution is 1.90. The number of hydroxylamine groups is 1. The van der Waals surface area contributed by atoms with Crippen LogP contribution >= 0.6 is 0 Å². The van der Waals surface area contributed by atoms with E-state index < -0.39 is 18.6 Å². The van der Waals surface area contributed by atoms with Crippen LogP contribution in [0.1, 0.15) is 13.8 Å². The van der Waals surface area contributed by atoms with Crippen LogP contribution in [-0.4, -0.2) is 43.5 Å². The van der Waals surface area contributed by atoms with Gasteiger partial charge in [-0.15, -0.1) is 0 Å². The van der Waals surface area contributed by atoms with E-state index in [-0.39, 0.29) is 0 Å². The second-order valence-corrected chi connectivity index (χ2v) is 3.51. The predicted molar refractivity (Wildman–Crippen MR) is 55.8 cm³/mol. The summed E-state index contributed by atoms with van der Waals surface area (Å²) in [6.07, 6.45) is 0. The summed E-state index contributed by atoms with van der Waals surface area (Å²) in [6, 6.07) is -0.589. The molecule has 0 aliphatic heterocycles. The van der Waals surface area contributed by atoms with Crippen molar-refractivity contribution in [2.45, 2.75) is 13.8 Å². The number of ether oxygens (including phenoxy) is 1. The minimum Gasteiger partial charge on any atom is -0.479 e. The summed E-state index contributed by atoms with van der Waals surface area (Å²) in [6.45, 7) is 4.87. The van der Waals surface area contributed by atoms with Gasteiger partial charge in [0.05, 0.1) is 6.61 Å². The van der Waals surface area contributed by atoms with Crippen LogP contribution in [0.25, 0.3) is 0 Å². The van der Waals surface area contributed by atoms with Crippen molar-refractivity contribution in [3.8, 4) is 0 Å². The van der Waals surface area contributed by atoms with Crippen molar-refractivity contribution in [2.24, 2.45) is 5.92 Å². The summed E-state index contributed by atoms with van der Waals surface area (Å²) >= 11 is 0. The molecular weight excluding hydrogens is 216 g/mol. The number of hydrogen-bond acceptors (Lipinski definition) is 4. The Morgan fingerprint density at radius 1 is 1.38 bits per heavy atom. The summed E-state index contributed by atoms with van der Waals surface area (Å²) < 4.78 is 5.21. The predicted octanol–water partition coefficient (Wildman–Crippen LogP) is -0.0256. The van der Waals surface area contributed by atoms with E-state index in [1.54, 1.807) is 0 Å². The molecule has 0 rings (SSSR count). The fraction of sp³-hybridized carbons (Fsp3) is 0.778. The normalized spacial score (nSPS) is 10.2. The van der Waals surface area contributed by atoms with Gasteiger partial charge in [0.2, 0.25) is 0 Å². The smallest absolute Gasteiger partial charge is 0.338 e. The maximum atomic E-state index is 10.9. The number of carboxylic acid groups (broad SMARTS) is 1. The molecule has 7 nitrogen and oxygen atoms in total. The summed E-state index contributed by atoms with van der Waals surface area (Å²) in [5.74, 6) is -0.701. The minimum atomic E-state index is -1.15. The summed E-state index contributed by atoms with van der Waals surface area (Å²) in [5, 5.41) is 10.6. The van der Waals surface area contributed by atoms with E-state index in [2.05, 4.69) is 10.2 Å². The SMILES string of the molecule is CC(C)COCCNC(=O)NOCC(=O)O. The molecule has 0 saturated heterocycles. The molecule has 0 saturated carbocycles. The lowest BCUT2D eigenvalue weighted by Crippen LogP contribution is -2.38. The number of aliphatic carboxylic acids is 1. The third-order valence-electron chi connectivity index (χ3n) is 1.34. The van der Waals surface area contributed by atoms with Crippen LogP contribution in [0.2, 0.25) is 0 Å². The standard InChI is InChI=1S/C9H18N2O5/c1-7(2)5-15-4-3-10-9(14)11-16-6-8(12)13/h7H,3-6H2,1-2H3,(H,12,13)(H2,10,11,14). The summed E-state index contributed by atoms with van der Waals surface area (Å²) in [5.41, 5.74) is 1.93. The van der Waals surface area contributed by atoms with Gasteiger partial charge in [0.1, 0.15) is 0 Å². The Morgan fingerprint density at radius 3 is 2.62 bits per heavy atom.